The molecule has 0 bridgehead atoms. The largest absolute Gasteiger partial charge is 0.492 e. The summed E-state index contributed by atoms with van der Waals surface area (Å²) in [6.07, 6.45) is 0. The summed E-state index contributed by atoms with van der Waals surface area (Å²) in [5.41, 5.74) is 2.01. The molecule has 1 aromatic heterocycles. The fourth-order valence-electron chi connectivity index (χ4n) is 2.08. The van der Waals surface area contributed by atoms with E-state index < -0.39 is 0 Å². The minimum absolute atomic E-state index is 0.0867. The monoisotopic (exact) mass is 246 g/mol. The number of halogens is 1. The maximum Gasteiger partial charge on any atom is 0.141 e. The van der Waals surface area contributed by atoms with Crippen molar-refractivity contribution in [2.75, 3.05) is 6.61 Å². The van der Waals surface area contributed by atoms with Gasteiger partial charge in [-0.1, -0.05) is 29.8 Å². The Morgan fingerprint density at radius 2 is 2.12 bits per heavy atom. The van der Waals surface area contributed by atoms with Crippen molar-refractivity contribution >= 4 is 11.6 Å². The number of nitrogens with zero attached hydrogens (tertiary/aromatic N) is 2. The van der Waals surface area contributed by atoms with Crippen LogP contribution in [-0.4, -0.2) is 16.6 Å². The van der Waals surface area contributed by atoms with Gasteiger partial charge in [0.15, 0.2) is 0 Å². The van der Waals surface area contributed by atoms with Gasteiger partial charge in [-0.3, -0.25) is 0 Å². The molecule has 1 aromatic carbocycles. The van der Waals surface area contributed by atoms with Crippen LogP contribution in [0, 0.1) is 6.92 Å². The van der Waals surface area contributed by atoms with Crippen LogP contribution in [0.2, 0.25) is 5.15 Å². The molecule has 0 saturated heterocycles. The van der Waals surface area contributed by atoms with Crippen molar-refractivity contribution in [2.45, 2.75) is 12.8 Å². The topological polar surface area (TPSA) is 35.0 Å². The summed E-state index contributed by atoms with van der Waals surface area (Å²) in [4.78, 5) is 8.73. The van der Waals surface area contributed by atoms with E-state index in [4.69, 9.17) is 16.3 Å². The van der Waals surface area contributed by atoms with Crippen molar-refractivity contribution in [3.8, 4) is 5.75 Å². The molecule has 0 spiro atoms. The lowest BCUT2D eigenvalue weighted by atomic mass is 10.0. The van der Waals surface area contributed by atoms with Crippen LogP contribution in [0.1, 0.15) is 23.0 Å². The summed E-state index contributed by atoms with van der Waals surface area (Å²) < 4.78 is 5.62. The van der Waals surface area contributed by atoms with Gasteiger partial charge in [0.25, 0.3) is 0 Å². The Hall–Kier alpha value is -1.61. The van der Waals surface area contributed by atoms with E-state index in [1.165, 1.54) is 0 Å². The molecular formula is C13H11ClN2O. The third-order valence-corrected chi connectivity index (χ3v) is 3.05. The molecule has 2 aromatic rings. The summed E-state index contributed by atoms with van der Waals surface area (Å²) in [7, 11) is 0. The fourth-order valence-corrected chi connectivity index (χ4v) is 2.33. The SMILES string of the molecule is Cc1cc(Cl)nc(C2COc3ccccc32)n1. The lowest BCUT2D eigenvalue weighted by Crippen LogP contribution is -2.08. The van der Waals surface area contributed by atoms with E-state index in [2.05, 4.69) is 9.97 Å². The summed E-state index contributed by atoms with van der Waals surface area (Å²) >= 11 is 5.96. The number of aromatic nitrogens is 2. The molecule has 0 amide bonds. The quantitative estimate of drug-likeness (QED) is 0.726. The van der Waals surface area contributed by atoms with Crippen molar-refractivity contribution < 1.29 is 4.74 Å². The average Bonchev–Trinajstić information content (AvgIpc) is 2.71. The first-order valence-electron chi connectivity index (χ1n) is 5.47. The Kier molecular flexibility index (Phi) is 2.48. The summed E-state index contributed by atoms with van der Waals surface area (Å²) in [6, 6.07) is 9.73. The number of hydrogen-bond acceptors (Lipinski definition) is 3. The molecular weight excluding hydrogens is 236 g/mol. The standard InChI is InChI=1S/C13H11ClN2O/c1-8-6-12(14)16-13(15-8)10-7-17-11-5-3-2-4-9(10)11/h2-6,10H,7H2,1H3. The van der Waals surface area contributed by atoms with Gasteiger partial charge in [-0.15, -0.1) is 0 Å². The number of aryl methyl sites for hydroxylation is 1. The molecule has 1 unspecified atom stereocenters. The van der Waals surface area contributed by atoms with Gasteiger partial charge in [-0.2, -0.15) is 0 Å². The molecule has 86 valence electrons. The van der Waals surface area contributed by atoms with E-state index in [0.29, 0.717) is 11.8 Å². The Morgan fingerprint density at radius 1 is 1.29 bits per heavy atom. The predicted molar refractivity (Wildman–Crippen MR) is 65.6 cm³/mol. The Bertz CT molecular complexity index is 551. The van der Waals surface area contributed by atoms with Crippen LogP contribution in [0.15, 0.2) is 30.3 Å². The van der Waals surface area contributed by atoms with Crippen LogP contribution in [0.3, 0.4) is 0 Å². The molecule has 1 aliphatic heterocycles. The lowest BCUT2D eigenvalue weighted by molar-refractivity contribution is 0.339. The molecule has 4 heteroatoms. The molecule has 1 aliphatic rings. The van der Waals surface area contributed by atoms with E-state index in [0.717, 1.165) is 22.8 Å². The van der Waals surface area contributed by atoms with Crippen molar-refractivity contribution in [3.05, 3.63) is 52.6 Å². The Morgan fingerprint density at radius 3 is 2.94 bits per heavy atom. The van der Waals surface area contributed by atoms with Crippen molar-refractivity contribution in [1.82, 2.24) is 9.97 Å². The summed E-state index contributed by atoms with van der Waals surface area (Å²) in [5.74, 6) is 1.74. The number of hydrogen-bond donors (Lipinski definition) is 0. The van der Waals surface area contributed by atoms with Crippen LogP contribution >= 0.6 is 11.6 Å². The predicted octanol–water partition coefficient (Wildman–Crippen LogP) is 2.96. The Balaban J connectivity index is 2.06. The van der Waals surface area contributed by atoms with Gasteiger partial charge in [-0.25, -0.2) is 9.97 Å². The van der Waals surface area contributed by atoms with Crippen LogP contribution < -0.4 is 4.74 Å². The van der Waals surface area contributed by atoms with E-state index in [1.54, 1.807) is 6.07 Å². The minimum atomic E-state index is 0.0867. The van der Waals surface area contributed by atoms with E-state index in [1.807, 2.05) is 31.2 Å². The second kappa shape index (κ2) is 4.00. The molecule has 2 heterocycles. The van der Waals surface area contributed by atoms with Crippen LogP contribution in [0.5, 0.6) is 5.75 Å². The van der Waals surface area contributed by atoms with Crippen molar-refractivity contribution in [2.24, 2.45) is 0 Å². The average molecular weight is 247 g/mol. The highest BCUT2D eigenvalue weighted by Gasteiger charge is 2.27. The maximum absolute atomic E-state index is 5.96. The molecule has 3 nitrogen and oxygen atoms in total. The van der Waals surface area contributed by atoms with E-state index in [-0.39, 0.29) is 5.92 Å². The summed E-state index contributed by atoms with van der Waals surface area (Å²) in [5, 5.41) is 0.483. The Labute approximate surface area is 104 Å². The van der Waals surface area contributed by atoms with E-state index >= 15 is 0 Å². The smallest absolute Gasteiger partial charge is 0.141 e. The van der Waals surface area contributed by atoms with Gasteiger partial charge in [0, 0.05) is 11.3 Å². The maximum atomic E-state index is 5.96. The zero-order valence-corrected chi connectivity index (χ0v) is 10.1. The second-order valence-electron chi connectivity index (χ2n) is 4.09. The van der Waals surface area contributed by atoms with Gasteiger partial charge in [0.05, 0.1) is 5.92 Å². The first-order valence-corrected chi connectivity index (χ1v) is 5.84. The first-order chi connectivity index (χ1) is 8.24. The molecule has 0 fully saturated rings. The number of fused-ring (bicyclic) bond motifs is 1. The molecule has 3 rings (SSSR count). The fraction of sp³-hybridized carbons (Fsp3) is 0.231. The summed E-state index contributed by atoms with van der Waals surface area (Å²) in [6.45, 7) is 2.50. The molecule has 0 radical (unpaired) electrons. The normalized spacial score (nSPS) is 17.6. The number of benzene rings is 1. The van der Waals surface area contributed by atoms with Gasteiger partial charge < -0.3 is 4.74 Å². The first kappa shape index (κ1) is 10.5. The van der Waals surface area contributed by atoms with Crippen LogP contribution in [0.25, 0.3) is 0 Å². The zero-order chi connectivity index (χ0) is 11.8. The highest BCUT2D eigenvalue weighted by atomic mass is 35.5. The van der Waals surface area contributed by atoms with Gasteiger partial charge in [0.1, 0.15) is 23.3 Å². The third-order valence-electron chi connectivity index (χ3n) is 2.85. The van der Waals surface area contributed by atoms with Gasteiger partial charge in [-0.05, 0) is 19.1 Å². The molecule has 0 aliphatic carbocycles. The molecule has 17 heavy (non-hydrogen) atoms. The van der Waals surface area contributed by atoms with Gasteiger partial charge >= 0.3 is 0 Å². The zero-order valence-electron chi connectivity index (χ0n) is 9.35. The number of para-hydroxylation sites is 1. The molecule has 0 N–H and O–H groups in total. The molecule has 0 saturated carbocycles. The van der Waals surface area contributed by atoms with E-state index in [9.17, 15) is 0 Å². The van der Waals surface area contributed by atoms with Crippen LogP contribution in [0.4, 0.5) is 0 Å². The second-order valence-corrected chi connectivity index (χ2v) is 4.48. The van der Waals surface area contributed by atoms with Crippen molar-refractivity contribution in [3.63, 3.8) is 0 Å². The number of ether oxygens (including phenoxy) is 1. The third kappa shape index (κ3) is 1.87. The highest BCUT2D eigenvalue weighted by Crippen LogP contribution is 2.36. The lowest BCUT2D eigenvalue weighted by Gasteiger charge is -2.08. The molecule has 1 atom stereocenters. The van der Waals surface area contributed by atoms with Gasteiger partial charge in [0.2, 0.25) is 0 Å². The minimum Gasteiger partial charge on any atom is -0.492 e. The highest BCUT2D eigenvalue weighted by molar-refractivity contribution is 6.29. The number of rotatable bonds is 1. The van der Waals surface area contributed by atoms with Crippen LogP contribution in [-0.2, 0) is 0 Å². The van der Waals surface area contributed by atoms with Crippen molar-refractivity contribution in [1.29, 1.82) is 0 Å².